The first-order valence-corrected chi connectivity index (χ1v) is 4.98. The monoisotopic (exact) mass is 250 g/mol. The number of hydrogen-bond donors (Lipinski definition) is 0. The molecule has 0 saturated carbocycles. The van der Waals surface area contributed by atoms with E-state index in [4.69, 9.17) is 12.8 Å². The van der Waals surface area contributed by atoms with Gasteiger partial charge in [0, 0.05) is 11.1 Å². The molecule has 78 valence electrons. The van der Waals surface area contributed by atoms with Crippen molar-refractivity contribution in [3.8, 4) is 35.8 Å². The first kappa shape index (κ1) is 17.6. The van der Waals surface area contributed by atoms with Gasteiger partial charge in [-0.25, -0.2) is 0 Å². The van der Waals surface area contributed by atoms with E-state index in [1.165, 1.54) is 0 Å². The Labute approximate surface area is 156 Å². The summed E-state index contributed by atoms with van der Waals surface area (Å²) in [5, 5.41) is 0. The van der Waals surface area contributed by atoms with Crippen LogP contribution >= 0.6 is 0 Å². The molecule has 0 aromatic heterocycles. The fourth-order valence-corrected chi connectivity index (χ4v) is 1.69. The third kappa shape index (κ3) is 3.78. The molecule has 2 rings (SSSR count). The summed E-state index contributed by atoms with van der Waals surface area (Å²) in [5.74, 6) is 5.29. The normalized spacial score (nSPS) is 8.11. The first-order valence-electron chi connectivity index (χ1n) is 4.98. The van der Waals surface area contributed by atoms with Crippen LogP contribution in [-0.4, -0.2) is 0 Å². The Morgan fingerprint density at radius 1 is 0.778 bits per heavy atom. The predicted molar refractivity (Wildman–Crippen MR) is 70.0 cm³/mol. The first-order chi connectivity index (χ1) is 7.86. The molecule has 2 heteroatoms. The van der Waals surface area contributed by atoms with Crippen LogP contribution in [0, 0.1) is 24.7 Å². The second-order valence-electron chi connectivity index (χ2n) is 3.38. The zero-order chi connectivity index (χ0) is 11.4. The summed E-state index contributed by atoms with van der Waals surface area (Å²) >= 11 is 0. The number of rotatable bonds is 1. The van der Waals surface area contributed by atoms with Crippen LogP contribution < -0.4 is 59.1 Å². The summed E-state index contributed by atoms with van der Waals surface area (Å²) < 4.78 is 0. The molecule has 0 aliphatic carbocycles. The van der Waals surface area contributed by atoms with E-state index in [0.717, 1.165) is 22.3 Å². The maximum absolute atomic E-state index is 5.52. The van der Waals surface area contributed by atoms with Gasteiger partial charge in [0.05, 0.1) is 0 Å². The molecule has 0 aliphatic rings. The molecule has 0 N–H and O–H groups in total. The van der Waals surface area contributed by atoms with E-state index in [9.17, 15) is 0 Å². The molecule has 0 fully saturated rings. The van der Waals surface area contributed by atoms with Gasteiger partial charge in [-0.3, -0.25) is 0 Å². The third-order valence-electron chi connectivity index (χ3n) is 2.45. The quantitative estimate of drug-likeness (QED) is 0.389. The van der Waals surface area contributed by atoms with Crippen molar-refractivity contribution in [3.63, 3.8) is 0 Å². The van der Waals surface area contributed by atoms with Gasteiger partial charge in [0.15, 0.2) is 0 Å². The Balaban J connectivity index is -0.000000722. The zero-order valence-corrected chi connectivity index (χ0v) is 14.8. The molecular formula is C16H12Na2. The average molecular weight is 250 g/mol. The van der Waals surface area contributed by atoms with Crippen molar-refractivity contribution in [3.05, 3.63) is 59.7 Å². The van der Waals surface area contributed by atoms with Gasteiger partial charge in [0.25, 0.3) is 0 Å². The summed E-state index contributed by atoms with van der Waals surface area (Å²) in [6.45, 7) is 0. The number of terminal acetylenes is 2. The van der Waals surface area contributed by atoms with Crippen LogP contribution in [-0.2, 0) is 0 Å². The van der Waals surface area contributed by atoms with E-state index in [0.29, 0.717) is 0 Å². The van der Waals surface area contributed by atoms with E-state index in [1.54, 1.807) is 0 Å². The second-order valence-corrected chi connectivity index (χ2v) is 3.38. The van der Waals surface area contributed by atoms with Gasteiger partial charge in [-0.1, -0.05) is 54.3 Å². The fraction of sp³-hybridized carbons (Fsp3) is 0. The van der Waals surface area contributed by atoms with Gasteiger partial charge in [-0.05, 0) is 17.2 Å². The van der Waals surface area contributed by atoms with Crippen molar-refractivity contribution < 1.29 is 62.0 Å². The second kappa shape index (κ2) is 8.63. The minimum atomic E-state index is 0. The summed E-state index contributed by atoms with van der Waals surface area (Å²) in [7, 11) is 0. The van der Waals surface area contributed by atoms with Gasteiger partial charge in [0.2, 0.25) is 0 Å². The molecule has 0 atom stereocenters. The van der Waals surface area contributed by atoms with Crippen molar-refractivity contribution in [2.45, 2.75) is 0 Å². The van der Waals surface area contributed by atoms with Crippen LogP contribution in [0.15, 0.2) is 48.5 Å². The van der Waals surface area contributed by atoms with Crippen molar-refractivity contribution in [1.29, 1.82) is 0 Å². The summed E-state index contributed by atoms with van der Waals surface area (Å²) in [5.41, 5.74) is 3.66. The van der Waals surface area contributed by atoms with Crippen LogP contribution in [0.5, 0.6) is 0 Å². The summed E-state index contributed by atoms with van der Waals surface area (Å²) in [4.78, 5) is 0. The number of benzene rings is 2. The van der Waals surface area contributed by atoms with Crippen LogP contribution in [0.4, 0.5) is 0 Å². The van der Waals surface area contributed by atoms with E-state index in [2.05, 4.69) is 11.8 Å². The van der Waals surface area contributed by atoms with E-state index < -0.39 is 0 Å². The smallest absolute Gasteiger partial charge is 1.00 e. The summed E-state index contributed by atoms with van der Waals surface area (Å²) in [6.07, 6.45) is 10.9. The molecule has 0 unspecified atom stereocenters. The molecule has 0 aliphatic heterocycles. The maximum Gasteiger partial charge on any atom is 1.00 e. The fourth-order valence-electron chi connectivity index (χ4n) is 1.69. The van der Waals surface area contributed by atoms with Gasteiger partial charge in [-0.15, -0.1) is 12.8 Å². The van der Waals surface area contributed by atoms with Crippen molar-refractivity contribution >= 4 is 0 Å². The van der Waals surface area contributed by atoms with Crippen molar-refractivity contribution in [1.82, 2.24) is 0 Å². The van der Waals surface area contributed by atoms with E-state index in [1.807, 2.05) is 48.5 Å². The predicted octanol–water partition coefficient (Wildman–Crippen LogP) is -2.45. The maximum atomic E-state index is 5.52. The van der Waals surface area contributed by atoms with Crippen LogP contribution in [0.2, 0.25) is 0 Å². The van der Waals surface area contributed by atoms with E-state index >= 15 is 0 Å². The Morgan fingerprint density at radius 2 is 1.44 bits per heavy atom. The van der Waals surface area contributed by atoms with Crippen molar-refractivity contribution in [2.24, 2.45) is 0 Å². The molecule has 0 radical (unpaired) electrons. The number of hydrogen-bond acceptors (Lipinski definition) is 0. The van der Waals surface area contributed by atoms with Crippen LogP contribution in [0.1, 0.15) is 14.0 Å². The van der Waals surface area contributed by atoms with Gasteiger partial charge >= 0.3 is 59.1 Å². The molecule has 2 aromatic carbocycles. The molecule has 0 nitrogen and oxygen atoms in total. The minimum Gasteiger partial charge on any atom is -1.00 e. The van der Waals surface area contributed by atoms with Crippen molar-refractivity contribution in [2.75, 3.05) is 0 Å². The molecule has 0 saturated heterocycles. The summed E-state index contributed by atoms with van der Waals surface area (Å²) in [6, 6.07) is 15.8. The van der Waals surface area contributed by atoms with Crippen LogP contribution in [0.25, 0.3) is 11.1 Å². The van der Waals surface area contributed by atoms with Crippen LogP contribution in [0.3, 0.4) is 0 Å². The Kier molecular flexibility index (Phi) is 8.41. The Hall–Kier alpha value is -0.440. The average Bonchev–Trinajstić information content (AvgIpc) is 2.38. The van der Waals surface area contributed by atoms with Gasteiger partial charge < -0.3 is 2.85 Å². The molecule has 2 aromatic rings. The molecular weight excluding hydrogens is 238 g/mol. The third-order valence-corrected chi connectivity index (χ3v) is 2.45. The molecule has 0 heterocycles. The molecule has 18 heavy (non-hydrogen) atoms. The standard InChI is InChI=1S/C16H10.2Na.2H/c1-3-13-11-8-12-16(15(13)4-2)14-9-6-5-7-10-14;;;;/h1-2,5-12H;;;;/q;2*+1;2*-1. The van der Waals surface area contributed by atoms with Gasteiger partial charge in [0.1, 0.15) is 0 Å². The topological polar surface area (TPSA) is 0 Å². The SMILES string of the molecule is C#Cc1cccc(-c2ccccc2)c1C#C.[H-].[H-].[Na+].[Na+]. The zero-order valence-electron chi connectivity index (χ0n) is 12.8. The molecule has 0 amide bonds. The Bertz CT molecular complexity index is 596. The largest absolute Gasteiger partial charge is 1.00 e. The Morgan fingerprint density at radius 3 is 2.00 bits per heavy atom. The van der Waals surface area contributed by atoms with E-state index in [-0.39, 0.29) is 62.0 Å². The molecule has 0 bridgehead atoms. The van der Waals surface area contributed by atoms with Gasteiger partial charge in [-0.2, -0.15) is 0 Å². The molecule has 0 spiro atoms. The minimum absolute atomic E-state index is 0.